The molecule has 0 radical (unpaired) electrons. The fourth-order valence-electron chi connectivity index (χ4n) is 2.49. The van der Waals surface area contributed by atoms with E-state index < -0.39 is 40.7 Å². The lowest BCUT2D eigenvalue weighted by atomic mass is 9.75. The molecule has 0 aromatic rings. The third kappa shape index (κ3) is 7.12. The summed E-state index contributed by atoms with van der Waals surface area (Å²) in [5.41, 5.74) is 0.180. The van der Waals surface area contributed by atoms with Gasteiger partial charge in [-0.15, -0.1) is 0 Å². The summed E-state index contributed by atoms with van der Waals surface area (Å²) in [7, 11) is 0. The van der Waals surface area contributed by atoms with Gasteiger partial charge in [0.2, 0.25) is 5.91 Å². The first kappa shape index (κ1) is 23.5. The zero-order valence-corrected chi connectivity index (χ0v) is 16.6. The van der Waals surface area contributed by atoms with Crippen LogP contribution in [0.2, 0.25) is 0 Å². The van der Waals surface area contributed by atoms with Crippen molar-refractivity contribution >= 4 is 17.6 Å². The van der Waals surface area contributed by atoms with Crippen molar-refractivity contribution in [3.8, 4) is 0 Å². The minimum Gasteiger partial charge on any atom is -0.382 e. The predicted octanol–water partition coefficient (Wildman–Crippen LogP) is 1.66. The molecule has 0 aromatic heterocycles. The van der Waals surface area contributed by atoms with Crippen molar-refractivity contribution in [2.24, 2.45) is 22.7 Å². The number of ketones is 1. The van der Waals surface area contributed by atoms with E-state index in [4.69, 9.17) is 5.21 Å². The van der Waals surface area contributed by atoms with Gasteiger partial charge in [0.15, 0.2) is 5.78 Å². The highest BCUT2D eigenvalue weighted by atomic mass is 16.5. The van der Waals surface area contributed by atoms with Crippen LogP contribution < -0.4 is 10.8 Å². The topological polar surface area (TPSA) is 116 Å². The highest BCUT2D eigenvalue weighted by Crippen LogP contribution is 2.28. The molecule has 3 unspecified atom stereocenters. The van der Waals surface area contributed by atoms with Crippen LogP contribution in [-0.2, 0) is 14.4 Å². The van der Waals surface area contributed by atoms with Crippen LogP contribution in [0.15, 0.2) is 0 Å². The number of amides is 2. The van der Waals surface area contributed by atoms with Gasteiger partial charge in [0.25, 0.3) is 5.91 Å². The Morgan fingerprint density at radius 2 is 1.44 bits per heavy atom. The number of nitrogens with one attached hydrogen (secondary N) is 2. The van der Waals surface area contributed by atoms with E-state index in [9.17, 15) is 19.5 Å². The molecule has 0 aliphatic rings. The number of hydrogen-bond acceptors (Lipinski definition) is 5. The standard InChI is InChI=1S/C18H34N2O5/c1-10(2)9-11(12(21)16(24)20-25)15(23)19-13(17(3,4)5)14(22)18(6,7)8/h10-13,21,25H,9H2,1-8H3,(H,19,23)(H,20,24). The summed E-state index contributed by atoms with van der Waals surface area (Å²) in [4.78, 5) is 37.1. The maximum absolute atomic E-state index is 12.8. The van der Waals surface area contributed by atoms with E-state index in [1.54, 1.807) is 20.8 Å². The number of hydrogen-bond donors (Lipinski definition) is 4. The van der Waals surface area contributed by atoms with Gasteiger partial charge in [-0.05, 0) is 17.8 Å². The second kappa shape index (κ2) is 8.76. The van der Waals surface area contributed by atoms with Crippen molar-refractivity contribution in [2.45, 2.75) is 74.0 Å². The average molecular weight is 358 g/mol. The normalized spacial score (nSPS) is 16.1. The summed E-state index contributed by atoms with van der Waals surface area (Å²) in [6, 6.07) is -0.765. The third-order valence-corrected chi connectivity index (χ3v) is 3.98. The first-order valence-electron chi connectivity index (χ1n) is 8.59. The van der Waals surface area contributed by atoms with Gasteiger partial charge < -0.3 is 10.4 Å². The maximum Gasteiger partial charge on any atom is 0.272 e. The zero-order valence-electron chi connectivity index (χ0n) is 16.6. The number of hydroxylamine groups is 1. The minimum absolute atomic E-state index is 0.0308. The van der Waals surface area contributed by atoms with Gasteiger partial charge in [-0.3, -0.25) is 19.6 Å². The molecule has 0 aromatic carbocycles. The van der Waals surface area contributed by atoms with Crippen molar-refractivity contribution in [1.82, 2.24) is 10.8 Å². The van der Waals surface area contributed by atoms with Gasteiger partial charge in [0.05, 0.1) is 12.0 Å². The zero-order chi connectivity index (χ0) is 20.2. The average Bonchev–Trinajstić information content (AvgIpc) is 2.45. The monoisotopic (exact) mass is 358 g/mol. The largest absolute Gasteiger partial charge is 0.382 e. The molecule has 0 spiro atoms. The van der Waals surface area contributed by atoms with E-state index in [-0.39, 0.29) is 18.1 Å². The van der Waals surface area contributed by atoms with Gasteiger partial charge in [0.1, 0.15) is 6.10 Å². The Morgan fingerprint density at radius 3 is 1.76 bits per heavy atom. The van der Waals surface area contributed by atoms with Crippen LogP contribution in [0.1, 0.15) is 61.8 Å². The molecule has 0 aliphatic carbocycles. The van der Waals surface area contributed by atoms with Crippen molar-refractivity contribution in [3.63, 3.8) is 0 Å². The highest BCUT2D eigenvalue weighted by molar-refractivity contribution is 5.95. The fraction of sp³-hybridized carbons (Fsp3) is 0.833. The SMILES string of the molecule is CC(C)CC(C(=O)NC(C(=O)C(C)(C)C)C(C)(C)C)C(O)C(=O)NO. The molecule has 0 heterocycles. The number of aliphatic hydroxyl groups excluding tert-OH is 1. The Hall–Kier alpha value is -1.47. The van der Waals surface area contributed by atoms with Gasteiger partial charge in [-0.25, -0.2) is 5.48 Å². The van der Waals surface area contributed by atoms with Gasteiger partial charge in [0, 0.05) is 5.41 Å². The Morgan fingerprint density at radius 1 is 0.960 bits per heavy atom. The Bertz CT molecular complexity index is 489. The summed E-state index contributed by atoms with van der Waals surface area (Å²) in [6.07, 6.45) is -1.46. The highest BCUT2D eigenvalue weighted by Gasteiger charge is 2.41. The molecule has 2 amide bonds. The van der Waals surface area contributed by atoms with E-state index >= 15 is 0 Å². The number of aliphatic hydroxyl groups is 1. The molecule has 7 nitrogen and oxygen atoms in total. The summed E-state index contributed by atoms with van der Waals surface area (Å²) in [5, 5.41) is 21.5. The van der Waals surface area contributed by atoms with Crippen molar-refractivity contribution in [2.75, 3.05) is 0 Å². The number of rotatable bonds is 7. The molecule has 146 valence electrons. The summed E-state index contributed by atoms with van der Waals surface area (Å²) in [5.74, 6) is -2.79. The lowest BCUT2D eigenvalue weighted by Gasteiger charge is -2.36. The summed E-state index contributed by atoms with van der Waals surface area (Å²) in [6.45, 7) is 14.6. The number of carbonyl (C=O) groups excluding carboxylic acids is 3. The van der Waals surface area contributed by atoms with Crippen molar-refractivity contribution in [1.29, 1.82) is 0 Å². The maximum atomic E-state index is 12.8. The van der Waals surface area contributed by atoms with E-state index in [0.29, 0.717) is 0 Å². The van der Waals surface area contributed by atoms with E-state index in [2.05, 4.69) is 5.32 Å². The molecule has 25 heavy (non-hydrogen) atoms. The van der Waals surface area contributed by atoms with Crippen LogP contribution in [0.25, 0.3) is 0 Å². The molecular weight excluding hydrogens is 324 g/mol. The first-order valence-corrected chi connectivity index (χ1v) is 8.59. The van der Waals surface area contributed by atoms with Crippen LogP contribution in [-0.4, -0.2) is 40.1 Å². The first-order chi connectivity index (χ1) is 11.1. The fourth-order valence-corrected chi connectivity index (χ4v) is 2.49. The van der Waals surface area contributed by atoms with Crippen molar-refractivity contribution < 1.29 is 24.7 Å². The Labute approximate surface area is 150 Å². The summed E-state index contributed by atoms with van der Waals surface area (Å²) < 4.78 is 0. The van der Waals surface area contributed by atoms with Crippen LogP contribution in [0, 0.1) is 22.7 Å². The van der Waals surface area contributed by atoms with Crippen LogP contribution >= 0.6 is 0 Å². The van der Waals surface area contributed by atoms with E-state index in [0.717, 1.165) is 0 Å². The molecule has 0 aliphatic heterocycles. The lowest BCUT2D eigenvalue weighted by Crippen LogP contribution is -2.56. The van der Waals surface area contributed by atoms with Crippen LogP contribution in [0.4, 0.5) is 0 Å². The third-order valence-electron chi connectivity index (χ3n) is 3.98. The molecule has 0 bridgehead atoms. The van der Waals surface area contributed by atoms with E-state index in [1.165, 1.54) is 5.48 Å². The smallest absolute Gasteiger partial charge is 0.272 e. The Balaban J connectivity index is 5.59. The molecule has 0 fully saturated rings. The van der Waals surface area contributed by atoms with Crippen LogP contribution in [0.5, 0.6) is 0 Å². The lowest BCUT2D eigenvalue weighted by molar-refractivity contribution is -0.148. The van der Waals surface area contributed by atoms with Crippen LogP contribution in [0.3, 0.4) is 0 Å². The van der Waals surface area contributed by atoms with Crippen molar-refractivity contribution in [3.05, 3.63) is 0 Å². The molecule has 4 N–H and O–H groups in total. The van der Waals surface area contributed by atoms with Gasteiger partial charge in [-0.1, -0.05) is 55.4 Å². The van der Waals surface area contributed by atoms with E-state index in [1.807, 2.05) is 34.6 Å². The summed E-state index contributed by atoms with van der Waals surface area (Å²) >= 11 is 0. The number of carbonyl (C=O) groups is 3. The molecule has 0 saturated carbocycles. The van der Waals surface area contributed by atoms with Gasteiger partial charge in [-0.2, -0.15) is 0 Å². The quantitative estimate of drug-likeness (QED) is 0.408. The Kier molecular flexibility index (Phi) is 8.24. The molecular formula is C18H34N2O5. The second-order valence-electron chi connectivity index (χ2n) is 9.08. The number of Topliss-reactive ketones (excluding diaryl/α,β-unsaturated/α-hetero) is 1. The molecule has 7 heteroatoms. The second-order valence-corrected chi connectivity index (χ2v) is 9.08. The molecule has 0 rings (SSSR count). The molecule has 0 saturated heterocycles. The minimum atomic E-state index is -1.70. The van der Waals surface area contributed by atoms with Gasteiger partial charge >= 0.3 is 0 Å². The predicted molar refractivity (Wildman–Crippen MR) is 94.7 cm³/mol. The molecule has 3 atom stereocenters.